The Balaban J connectivity index is 1.63. The predicted molar refractivity (Wildman–Crippen MR) is 61.3 cm³/mol. The van der Waals surface area contributed by atoms with Gasteiger partial charge in [0.2, 0.25) is 0 Å². The highest BCUT2D eigenvalue weighted by atomic mass is 32.1. The van der Waals surface area contributed by atoms with Gasteiger partial charge < -0.3 is 9.47 Å². The highest BCUT2D eigenvalue weighted by molar-refractivity contribution is 7.07. The fourth-order valence-electron chi connectivity index (χ4n) is 2.48. The van der Waals surface area contributed by atoms with E-state index in [1.807, 2.05) is 5.51 Å². The van der Waals surface area contributed by atoms with Crippen LogP contribution in [0.1, 0.15) is 18.5 Å². The minimum atomic E-state index is -0.311. The molecule has 3 rings (SSSR count). The molecule has 1 aromatic heterocycles. The van der Waals surface area contributed by atoms with Crippen molar-refractivity contribution in [3.63, 3.8) is 0 Å². The number of aromatic nitrogens is 1. The van der Waals surface area contributed by atoms with E-state index in [9.17, 15) is 0 Å². The third-order valence-corrected chi connectivity index (χ3v) is 3.81. The first-order valence-electron chi connectivity index (χ1n) is 5.74. The normalized spacial score (nSPS) is 25.2. The van der Waals surface area contributed by atoms with E-state index in [0.717, 1.165) is 51.4 Å². The van der Waals surface area contributed by atoms with Crippen molar-refractivity contribution in [2.45, 2.75) is 25.2 Å². The lowest BCUT2D eigenvalue weighted by Gasteiger charge is -2.38. The molecule has 0 unspecified atom stereocenters. The van der Waals surface area contributed by atoms with Gasteiger partial charge in [0.1, 0.15) is 0 Å². The summed E-state index contributed by atoms with van der Waals surface area (Å²) in [4.78, 5) is 6.70. The van der Waals surface area contributed by atoms with Crippen LogP contribution in [0, 0.1) is 0 Å². The van der Waals surface area contributed by atoms with Gasteiger partial charge in [-0.1, -0.05) is 0 Å². The number of thiazole rings is 1. The fourth-order valence-corrected chi connectivity index (χ4v) is 3.03. The van der Waals surface area contributed by atoms with E-state index < -0.39 is 0 Å². The second-order valence-electron chi connectivity index (χ2n) is 4.40. The molecule has 0 aliphatic carbocycles. The number of piperidine rings is 1. The molecule has 0 aromatic carbocycles. The summed E-state index contributed by atoms with van der Waals surface area (Å²) in [6.07, 6.45) is 2.17. The molecule has 2 aliphatic rings. The zero-order valence-corrected chi connectivity index (χ0v) is 10.0. The van der Waals surface area contributed by atoms with Gasteiger partial charge >= 0.3 is 0 Å². The maximum Gasteiger partial charge on any atom is 0.181 e. The summed E-state index contributed by atoms with van der Waals surface area (Å²) < 4.78 is 11.5. The van der Waals surface area contributed by atoms with Gasteiger partial charge in [-0.2, -0.15) is 0 Å². The molecule has 2 fully saturated rings. The Morgan fingerprint density at radius 3 is 3.06 bits per heavy atom. The van der Waals surface area contributed by atoms with Gasteiger partial charge in [0.05, 0.1) is 31.0 Å². The molecule has 0 N–H and O–H groups in total. The maximum atomic E-state index is 5.75. The van der Waals surface area contributed by atoms with Crippen LogP contribution in [0.3, 0.4) is 0 Å². The summed E-state index contributed by atoms with van der Waals surface area (Å²) in [5, 5.41) is 2.11. The van der Waals surface area contributed by atoms with Crippen LogP contribution in [-0.2, 0) is 16.0 Å². The molecule has 0 atom stereocenters. The number of hydrogen-bond acceptors (Lipinski definition) is 5. The van der Waals surface area contributed by atoms with Crippen LogP contribution in [0.15, 0.2) is 10.9 Å². The molecule has 0 radical (unpaired) electrons. The lowest BCUT2D eigenvalue weighted by molar-refractivity contribution is -0.190. The van der Waals surface area contributed by atoms with Gasteiger partial charge in [0.25, 0.3) is 0 Å². The Hall–Kier alpha value is -0.490. The van der Waals surface area contributed by atoms with Gasteiger partial charge in [-0.3, -0.25) is 4.90 Å². The second kappa shape index (κ2) is 4.41. The molecule has 3 heterocycles. The zero-order chi connectivity index (χ0) is 10.8. The molecule has 1 spiro atoms. The second-order valence-corrected chi connectivity index (χ2v) is 5.12. The summed E-state index contributed by atoms with van der Waals surface area (Å²) >= 11 is 1.65. The average molecular weight is 240 g/mol. The Morgan fingerprint density at radius 2 is 2.31 bits per heavy atom. The van der Waals surface area contributed by atoms with E-state index in [4.69, 9.17) is 9.47 Å². The number of rotatable bonds is 2. The lowest BCUT2D eigenvalue weighted by Crippen LogP contribution is -2.48. The summed E-state index contributed by atoms with van der Waals surface area (Å²) in [5.74, 6) is -0.311. The van der Waals surface area contributed by atoms with Crippen molar-refractivity contribution in [2.75, 3.05) is 26.3 Å². The first kappa shape index (κ1) is 10.7. The Bertz CT molecular complexity index is 336. The Labute approximate surface area is 99.2 Å². The molecule has 1 aromatic rings. The molecule has 5 heteroatoms. The van der Waals surface area contributed by atoms with Crippen LogP contribution in [0.2, 0.25) is 0 Å². The summed E-state index contributed by atoms with van der Waals surface area (Å²) in [6.45, 7) is 4.39. The minimum absolute atomic E-state index is 0.311. The Morgan fingerprint density at radius 1 is 1.44 bits per heavy atom. The number of nitrogens with zero attached hydrogens (tertiary/aromatic N) is 2. The van der Waals surface area contributed by atoms with Crippen molar-refractivity contribution in [1.29, 1.82) is 0 Å². The molecule has 88 valence electrons. The minimum Gasteiger partial charge on any atom is -0.346 e. The van der Waals surface area contributed by atoms with Crippen LogP contribution in [0.4, 0.5) is 0 Å². The van der Waals surface area contributed by atoms with Gasteiger partial charge in [0.15, 0.2) is 5.79 Å². The molecule has 4 nitrogen and oxygen atoms in total. The monoisotopic (exact) mass is 240 g/mol. The molecule has 2 saturated heterocycles. The van der Waals surface area contributed by atoms with E-state index in [0.29, 0.717) is 0 Å². The zero-order valence-electron chi connectivity index (χ0n) is 9.22. The molecule has 0 amide bonds. The van der Waals surface area contributed by atoms with Gasteiger partial charge in [-0.05, 0) is 13.0 Å². The van der Waals surface area contributed by atoms with Crippen LogP contribution in [0.5, 0.6) is 0 Å². The number of ether oxygens (including phenoxy) is 2. The smallest absolute Gasteiger partial charge is 0.181 e. The van der Waals surface area contributed by atoms with Crippen LogP contribution in [0.25, 0.3) is 0 Å². The van der Waals surface area contributed by atoms with Crippen LogP contribution in [-0.4, -0.2) is 42.0 Å². The molecular weight excluding hydrogens is 224 g/mol. The van der Waals surface area contributed by atoms with Crippen LogP contribution < -0.4 is 0 Å². The topological polar surface area (TPSA) is 34.6 Å². The molecule has 2 aliphatic heterocycles. The standard InChI is InChI=1S/C11H16N2O2S/c1-2-11(14-4-5-15-11)8-13(3-1)6-10-7-16-9-12-10/h7,9H,1-6,8H2. The summed E-state index contributed by atoms with van der Waals surface area (Å²) in [7, 11) is 0. The summed E-state index contributed by atoms with van der Waals surface area (Å²) in [6, 6.07) is 0. The highest BCUT2D eigenvalue weighted by Crippen LogP contribution is 2.30. The van der Waals surface area contributed by atoms with Gasteiger partial charge in [0, 0.05) is 18.3 Å². The van der Waals surface area contributed by atoms with E-state index in [2.05, 4.69) is 15.3 Å². The van der Waals surface area contributed by atoms with Crippen molar-refractivity contribution in [3.8, 4) is 0 Å². The van der Waals surface area contributed by atoms with Crippen LogP contribution >= 0.6 is 11.3 Å². The van der Waals surface area contributed by atoms with E-state index in [1.165, 1.54) is 0 Å². The quantitative estimate of drug-likeness (QED) is 0.784. The van der Waals surface area contributed by atoms with Gasteiger partial charge in [-0.25, -0.2) is 4.98 Å². The molecular formula is C11H16N2O2S. The van der Waals surface area contributed by atoms with E-state index >= 15 is 0 Å². The lowest BCUT2D eigenvalue weighted by atomic mass is 10.0. The molecule has 0 saturated carbocycles. The third kappa shape index (κ3) is 2.13. The maximum absolute atomic E-state index is 5.75. The SMILES string of the molecule is c1nc(CN2CCCC3(C2)OCCO3)cs1. The number of hydrogen-bond donors (Lipinski definition) is 0. The predicted octanol–water partition coefficient (Wildman–Crippen LogP) is 1.48. The van der Waals surface area contributed by atoms with Crippen molar-refractivity contribution in [1.82, 2.24) is 9.88 Å². The Kier molecular flexibility index (Phi) is 2.93. The van der Waals surface area contributed by atoms with Crippen molar-refractivity contribution in [3.05, 3.63) is 16.6 Å². The fraction of sp³-hybridized carbons (Fsp3) is 0.727. The molecule has 0 bridgehead atoms. The first-order chi connectivity index (χ1) is 7.86. The van der Waals surface area contributed by atoms with E-state index in [-0.39, 0.29) is 5.79 Å². The van der Waals surface area contributed by atoms with E-state index in [1.54, 1.807) is 11.3 Å². The van der Waals surface area contributed by atoms with Gasteiger partial charge in [-0.15, -0.1) is 11.3 Å². The molecule has 16 heavy (non-hydrogen) atoms. The average Bonchev–Trinajstić information content (AvgIpc) is 2.91. The van der Waals surface area contributed by atoms with Crippen molar-refractivity contribution in [2.24, 2.45) is 0 Å². The van der Waals surface area contributed by atoms with Crippen molar-refractivity contribution >= 4 is 11.3 Å². The third-order valence-electron chi connectivity index (χ3n) is 3.18. The largest absolute Gasteiger partial charge is 0.346 e. The first-order valence-corrected chi connectivity index (χ1v) is 6.68. The highest BCUT2D eigenvalue weighted by Gasteiger charge is 2.40. The summed E-state index contributed by atoms with van der Waals surface area (Å²) in [5.41, 5.74) is 3.04. The van der Waals surface area contributed by atoms with Crippen molar-refractivity contribution < 1.29 is 9.47 Å². The number of likely N-dealkylation sites (tertiary alicyclic amines) is 1.